The van der Waals surface area contributed by atoms with Crippen LogP contribution < -0.4 is 5.32 Å². The van der Waals surface area contributed by atoms with Crippen LogP contribution >= 0.6 is 27.5 Å². The summed E-state index contributed by atoms with van der Waals surface area (Å²) < 4.78 is 15.6. The van der Waals surface area contributed by atoms with Crippen LogP contribution in [0.3, 0.4) is 0 Å². The Balaban J connectivity index is 1.88. The maximum absolute atomic E-state index is 13.4. The highest BCUT2D eigenvalue weighted by molar-refractivity contribution is 9.10. The molecule has 0 radical (unpaired) electrons. The highest BCUT2D eigenvalue weighted by Crippen LogP contribution is 2.37. The molecule has 0 aliphatic heterocycles. The largest absolute Gasteiger partial charge is 0.339 e. The molecule has 1 N–H and O–H groups in total. The van der Waals surface area contributed by atoms with E-state index in [4.69, 9.17) is 11.6 Å². The lowest BCUT2D eigenvalue weighted by atomic mass is 10.2. The van der Waals surface area contributed by atoms with Gasteiger partial charge in [-0.2, -0.15) is 0 Å². The predicted molar refractivity (Wildman–Crippen MR) is 84.5 cm³/mol. The van der Waals surface area contributed by atoms with E-state index in [2.05, 4.69) is 21.2 Å². The van der Waals surface area contributed by atoms with Gasteiger partial charge in [-0.05, 0) is 59.5 Å². The van der Waals surface area contributed by atoms with Crippen molar-refractivity contribution in [3.8, 4) is 0 Å². The summed E-state index contributed by atoms with van der Waals surface area (Å²) in [6.07, 6.45) is 3.90. The maximum Gasteiger partial charge on any atom is 0.272 e. The van der Waals surface area contributed by atoms with Gasteiger partial charge in [0.15, 0.2) is 0 Å². The number of nitrogens with one attached hydrogen (secondary N) is 1. The number of rotatable bonds is 3. The Morgan fingerprint density at radius 3 is 2.81 bits per heavy atom. The summed E-state index contributed by atoms with van der Waals surface area (Å²) >= 11 is 9.13. The zero-order valence-corrected chi connectivity index (χ0v) is 13.6. The monoisotopic (exact) mass is 370 g/mol. The summed E-state index contributed by atoms with van der Waals surface area (Å²) in [4.78, 5) is 12.4. The van der Waals surface area contributed by atoms with Gasteiger partial charge in [-0.15, -0.1) is 0 Å². The lowest BCUT2D eigenvalue weighted by Gasteiger charge is -2.11. The second-order valence-electron chi connectivity index (χ2n) is 5.22. The van der Waals surface area contributed by atoms with E-state index in [0.717, 1.165) is 12.8 Å². The van der Waals surface area contributed by atoms with Gasteiger partial charge in [0.05, 0.1) is 9.50 Å². The van der Waals surface area contributed by atoms with E-state index in [9.17, 15) is 9.18 Å². The van der Waals surface area contributed by atoms with Crippen LogP contribution in [-0.4, -0.2) is 10.5 Å². The Bertz CT molecular complexity index is 725. The summed E-state index contributed by atoms with van der Waals surface area (Å²) in [7, 11) is 0. The lowest BCUT2D eigenvalue weighted by Crippen LogP contribution is -2.17. The summed E-state index contributed by atoms with van der Waals surface area (Å²) in [5, 5.41) is 3.36. The number of anilines is 1. The normalized spacial score (nSPS) is 14.3. The number of carbonyl (C=O) groups excluding carboxylic acids is 1. The number of nitrogens with zero attached hydrogens (tertiary/aromatic N) is 1. The Morgan fingerprint density at radius 2 is 2.14 bits per heavy atom. The summed E-state index contributed by atoms with van der Waals surface area (Å²) in [6, 6.07) is 4.96. The molecular weight excluding hydrogens is 359 g/mol. The molecule has 1 aromatic carbocycles. The first kappa shape index (κ1) is 14.6. The SMILES string of the molecule is Cc1cc(F)c(Br)cc1NC(=O)c1cc(Cl)cn1C1CC1. The van der Waals surface area contributed by atoms with Crippen molar-refractivity contribution in [2.45, 2.75) is 25.8 Å². The molecule has 21 heavy (non-hydrogen) atoms. The van der Waals surface area contributed by atoms with Gasteiger partial charge in [0.25, 0.3) is 5.91 Å². The molecule has 6 heteroatoms. The van der Waals surface area contributed by atoms with Gasteiger partial charge in [-0.3, -0.25) is 4.79 Å². The van der Waals surface area contributed by atoms with Gasteiger partial charge in [-0.1, -0.05) is 11.6 Å². The Labute approximate surface area is 135 Å². The number of halogens is 3. The van der Waals surface area contributed by atoms with Crippen molar-refractivity contribution < 1.29 is 9.18 Å². The average molecular weight is 372 g/mol. The molecule has 3 nitrogen and oxygen atoms in total. The molecule has 1 amide bonds. The first-order valence-corrected chi connectivity index (χ1v) is 7.77. The summed E-state index contributed by atoms with van der Waals surface area (Å²) in [5.74, 6) is -0.592. The lowest BCUT2D eigenvalue weighted by molar-refractivity contribution is 0.101. The summed E-state index contributed by atoms with van der Waals surface area (Å²) in [5.41, 5.74) is 1.77. The fourth-order valence-electron chi connectivity index (χ4n) is 2.25. The quantitative estimate of drug-likeness (QED) is 0.815. The Morgan fingerprint density at radius 1 is 1.43 bits per heavy atom. The molecular formula is C15H13BrClFN2O. The molecule has 1 aromatic heterocycles. The van der Waals surface area contributed by atoms with Crippen molar-refractivity contribution in [2.75, 3.05) is 5.32 Å². The Hall–Kier alpha value is -1.33. The second-order valence-corrected chi connectivity index (χ2v) is 6.51. The molecule has 1 saturated carbocycles. The van der Waals surface area contributed by atoms with Crippen LogP contribution in [0.5, 0.6) is 0 Å². The van der Waals surface area contributed by atoms with Crippen LogP contribution in [0.15, 0.2) is 28.9 Å². The number of amides is 1. The number of aryl methyl sites for hydroxylation is 1. The minimum Gasteiger partial charge on any atom is -0.339 e. The fraction of sp³-hybridized carbons (Fsp3) is 0.267. The molecule has 110 valence electrons. The number of benzene rings is 1. The van der Waals surface area contributed by atoms with Crippen LogP contribution in [0.25, 0.3) is 0 Å². The zero-order valence-electron chi connectivity index (χ0n) is 11.3. The van der Waals surface area contributed by atoms with Crippen molar-refractivity contribution in [1.82, 2.24) is 4.57 Å². The van der Waals surface area contributed by atoms with Gasteiger partial charge in [0.2, 0.25) is 0 Å². The van der Waals surface area contributed by atoms with E-state index >= 15 is 0 Å². The first-order chi connectivity index (χ1) is 9.95. The maximum atomic E-state index is 13.4. The van der Waals surface area contributed by atoms with E-state index in [0.29, 0.717) is 32.5 Å². The van der Waals surface area contributed by atoms with Crippen molar-refractivity contribution in [3.63, 3.8) is 0 Å². The third-order valence-electron chi connectivity index (χ3n) is 3.50. The number of carbonyl (C=O) groups is 1. The molecule has 0 saturated heterocycles. The molecule has 1 aliphatic carbocycles. The van der Waals surface area contributed by atoms with Crippen molar-refractivity contribution in [1.29, 1.82) is 0 Å². The van der Waals surface area contributed by atoms with E-state index in [1.807, 2.05) is 4.57 Å². The fourth-order valence-corrected chi connectivity index (χ4v) is 2.80. The zero-order chi connectivity index (χ0) is 15.1. The minimum atomic E-state index is -0.352. The van der Waals surface area contributed by atoms with E-state index < -0.39 is 0 Å². The van der Waals surface area contributed by atoms with E-state index in [1.165, 1.54) is 6.07 Å². The van der Waals surface area contributed by atoms with Crippen LogP contribution in [0, 0.1) is 12.7 Å². The van der Waals surface area contributed by atoms with Crippen molar-refractivity contribution in [3.05, 3.63) is 51.0 Å². The standard InChI is InChI=1S/C15H13BrClFN2O/c1-8-4-12(18)11(16)6-13(8)19-15(21)14-5-9(17)7-20(14)10-2-3-10/h4-7,10H,2-3H2,1H3,(H,19,21). The van der Waals surface area contributed by atoms with E-state index in [-0.39, 0.29) is 11.7 Å². The van der Waals surface area contributed by atoms with Crippen molar-refractivity contribution in [2.24, 2.45) is 0 Å². The van der Waals surface area contributed by atoms with Gasteiger partial charge in [0.1, 0.15) is 11.5 Å². The molecule has 0 atom stereocenters. The molecule has 2 aromatic rings. The summed E-state index contributed by atoms with van der Waals surface area (Å²) in [6.45, 7) is 1.75. The molecule has 1 heterocycles. The smallest absolute Gasteiger partial charge is 0.272 e. The average Bonchev–Trinajstić information content (AvgIpc) is 3.18. The van der Waals surface area contributed by atoms with Gasteiger partial charge in [-0.25, -0.2) is 4.39 Å². The molecule has 1 aliphatic rings. The van der Waals surface area contributed by atoms with Gasteiger partial charge in [0, 0.05) is 17.9 Å². The Kier molecular flexibility index (Phi) is 3.80. The number of hydrogen-bond acceptors (Lipinski definition) is 1. The molecule has 0 bridgehead atoms. The molecule has 3 rings (SSSR count). The van der Waals surface area contributed by atoms with Crippen molar-refractivity contribution >= 4 is 39.1 Å². The van der Waals surface area contributed by atoms with Gasteiger partial charge >= 0.3 is 0 Å². The number of hydrogen-bond donors (Lipinski definition) is 1. The van der Waals surface area contributed by atoms with Crippen LogP contribution in [0.2, 0.25) is 5.02 Å². The van der Waals surface area contributed by atoms with Crippen LogP contribution in [0.4, 0.5) is 10.1 Å². The third-order valence-corrected chi connectivity index (χ3v) is 4.32. The predicted octanol–water partition coefficient (Wildman–Crippen LogP) is 4.94. The third kappa shape index (κ3) is 2.99. The van der Waals surface area contributed by atoms with Gasteiger partial charge < -0.3 is 9.88 Å². The second kappa shape index (κ2) is 5.46. The topological polar surface area (TPSA) is 34.0 Å². The minimum absolute atomic E-state index is 0.240. The molecule has 1 fully saturated rings. The first-order valence-electron chi connectivity index (χ1n) is 6.60. The van der Waals surface area contributed by atoms with Crippen LogP contribution in [0.1, 0.15) is 34.9 Å². The highest BCUT2D eigenvalue weighted by atomic mass is 79.9. The number of aromatic nitrogens is 1. The van der Waals surface area contributed by atoms with E-state index in [1.54, 1.807) is 25.3 Å². The molecule has 0 spiro atoms. The van der Waals surface area contributed by atoms with Crippen LogP contribution in [-0.2, 0) is 0 Å². The highest BCUT2D eigenvalue weighted by Gasteiger charge is 2.28. The molecule has 0 unspecified atom stereocenters.